The minimum Gasteiger partial charge on any atom is -0.414 e. The van der Waals surface area contributed by atoms with Crippen LogP contribution in [0.2, 0.25) is 18.1 Å². The van der Waals surface area contributed by atoms with Crippen molar-refractivity contribution < 1.29 is 18.6 Å². The molecule has 0 aromatic heterocycles. The lowest BCUT2D eigenvalue weighted by Gasteiger charge is -2.61. The SMILES string of the molecule is CCOC(OCC)O[C@H]1CC[C@H]2[C@@H]3CC[C@H]4C[C@@H](O[Si](C)(C)C(C)(C)C)CC[C@]4(C)[C@H]3CC[C@]12C. The highest BCUT2D eigenvalue weighted by molar-refractivity contribution is 6.74. The standard InChI is InChI=1S/C30H56O4Si/c1-10-31-27(32-11-2)33-26-15-14-24-23-13-12-21-20-22(34-35(8,9)28(3,4)5)16-18-29(21,6)25(23)17-19-30(24,26)7/h21-27H,10-20H2,1-9H3/t21-,22-,23-,24-,25-,26-,29-,30-/m0/s1. The number of hydrogen-bond donors (Lipinski definition) is 0. The van der Waals surface area contributed by atoms with Gasteiger partial charge in [0.2, 0.25) is 0 Å². The van der Waals surface area contributed by atoms with E-state index in [2.05, 4.69) is 47.7 Å². The van der Waals surface area contributed by atoms with Gasteiger partial charge < -0.3 is 18.6 Å². The molecule has 0 radical (unpaired) electrons. The second-order valence-electron chi connectivity index (χ2n) is 14.4. The third kappa shape index (κ3) is 5.20. The molecule has 0 aliphatic heterocycles. The number of ether oxygens (including phenoxy) is 3. The highest BCUT2D eigenvalue weighted by atomic mass is 28.4. The normalized spacial score (nSPS) is 42.0. The minimum atomic E-state index is -1.70. The molecule has 0 heterocycles. The molecule has 0 aromatic carbocycles. The maximum absolute atomic E-state index is 6.95. The molecule has 0 bridgehead atoms. The zero-order chi connectivity index (χ0) is 25.6. The van der Waals surface area contributed by atoms with Gasteiger partial charge in [0.05, 0.1) is 6.10 Å². The van der Waals surface area contributed by atoms with E-state index >= 15 is 0 Å². The summed E-state index contributed by atoms with van der Waals surface area (Å²) in [6, 6.07) is 0. The Hall–Kier alpha value is 0.0569. The summed E-state index contributed by atoms with van der Waals surface area (Å²) in [7, 11) is -1.70. The first-order chi connectivity index (χ1) is 16.4. The molecule has 4 rings (SSSR count). The van der Waals surface area contributed by atoms with Crippen LogP contribution in [-0.2, 0) is 18.6 Å². The molecule has 0 N–H and O–H groups in total. The van der Waals surface area contributed by atoms with Crippen LogP contribution in [0.15, 0.2) is 0 Å². The fourth-order valence-electron chi connectivity index (χ4n) is 8.63. The van der Waals surface area contributed by atoms with Crippen LogP contribution >= 0.6 is 0 Å². The molecule has 4 aliphatic carbocycles. The number of fused-ring (bicyclic) bond motifs is 5. The Morgan fingerprint density at radius 1 is 0.829 bits per heavy atom. The van der Waals surface area contributed by atoms with Gasteiger partial charge in [-0.15, -0.1) is 0 Å². The fourth-order valence-corrected chi connectivity index (χ4v) is 10.0. The Kier molecular flexibility index (Phi) is 8.28. The molecule has 4 nitrogen and oxygen atoms in total. The molecule has 204 valence electrons. The Morgan fingerprint density at radius 2 is 1.46 bits per heavy atom. The molecule has 0 amide bonds. The van der Waals surface area contributed by atoms with Crippen molar-refractivity contribution in [2.45, 2.75) is 143 Å². The van der Waals surface area contributed by atoms with Crippen molar-refractivity contribution in [3.8, 4) is 0 Å². The van der Waals surface area contributed by atoms with Crippen LogP contribution in [0.5, 0.6) is 0 Å². The van der Waals surface area contributed by atoms with E-state index in [1.807, 2.05) is 13.8 Å². The molecular weight excluding hydrogens is 452 g/mol. The Labute approximate surface area is 217 Å². The maximum Gasteiger partial charge on any atom is 0.271 e. The molecule has 4 saturated carbocycles. The van der Waals surface area contributed by atoms with E-state index < -0.39 is 14.8 Å². The van der Waals surface area contributed by atoms with Gasteiger partial charge in [-0.1, -0.05) is 34.6 Å². The average molecular weight is 509 g/mol. The van der Waals surface area contributed by atoms with Gasteiger partial charge in [0.25, 0.3) is 6.48 Å². The largest absolute Gasteiger partial charge is 0.414 e. The molecule has 35 heavy (non-hydrogen) atoms. The van der Waals surface area contributed by atoms with Crippen LogP contribution in [-0.4, -0.2) is 40.2 Å². The van der Waals surface area contributed by atoms with Crippen LogP contribution in [0.25, 0.3) is 0 Å². The lowest BCUT2D eigenvalue weighted by atomic mass is 9.45. The van der Waals surface area contributed by atoms with Crippen molar-refractivity contribution in [3.05, 3.63) is 0 Å². The summed E-state index contributed by atoms with van der Waals surface area (Å²) >= 11 is 0. The molecule has 5 heteroatoms. The number of hydrogen-bond acceptors (Lipinski definition) is 4. The molecule has 0 saturated heterocycles. The lowest BCUT2D eigenvalue weighted by Crippen LogP contribution is -2.55. The van der Waals surface area contributed by atoms with E-state index in [1.54, 1.807) is 0 Å². The zero-order valence-electron chi connectivity index (χ0n) is 24.5. The minimum absolute atomic E-state index is 0.260. The van der Waals surface area contributed by atoms with Crippen molar-refractivity contribution in [2.75, 3.05) is 13.2 Å². The van der Waals surface area contributed by atoms with Gasteiger partial charge in [0.15, 0.2) is 8.32 Å². The quantitative estimate of drug-likeness (QED) is 0.245. The van der Waals surface area contributed by atoms with Crippen LogP contribution < -0.4 is 0 Å². The Bertz CT molecular complexity index is 714. The van der Waals surface area contributed by atoms with E-state index in [-0.39, 0.29) is 11.5 Å². The monoisotopic (exact) mass is 508 g/mol. The molecule has 0 aromatic rings. The average Bonchev–Trinajstić information content (AvgIpc) is 3.09. The summed E-state index contributed by atoms with van der Waals surface area (Å²) in [6.45, 7) is 22.0. The smallest absolute Gasteiger partial charge is 0.271 e. The summed E-state index contributed by atoms with van der Waals surface area (Å²) in [5.41, 5.74) is 0.759. The molecule has 4 aliphatic rings. The molecule has 8 atom stereocenters. The van der Waals surface area contributed by atoms with E-state index in [9.17, 15) is 0 Å². The first-order valence-corrected chi connectivity index (χ1v) is 17.8. The molecule has 4 fully saturated rings. The van der Waals surface area contributed by atoms with Crippen LogP contribution in [0.3, 0.4) is 0 Å². The molecule has 0 spiro atoms. The first kappa shape index (κ1) is 28.1. The van der Waals surface area contributed by atoms with Gasteiger partial charge in [-0.05, 0) is 124 Å². The van der Waals surface area contributed by atoms with Gasteiger partial charge in [0.1, 0.15) is 0 Å². The fraction of sp³-hybridized carbons (Fsp3) is 1.00. The zero-order valence-corrected chi connectivity index (χ0v) is 25.5. The Morgan fingerprint density at radius 3 is 2.09 bits per heavy atom. The summed E-state index contributed by atoms with van der Waals surface area (Å²) in [4.78, 5) is 0. The third-order valence-corrected chi connectivity index (χ3v) is 16.2. The van der Waals surface area contributed by atoms with Gasteiger partial charge in [-0.3, -0.25) is 0 Å². The van der Waals surface area contributed by atoms with E-state index in [0.29, 0.717) is 29.8 Å². The topological polar surface area (TPSA) is 36.9 Å². The first-order valence-electron chi connectivity index (χ1n) is 14.9. The van der Waals surface area contributed by atoms with E-state index in [0.717, 1.165) is 30.1 Å². The highest BCUT2D eigenvalue weighted by Crippen LogP contribution is 2.67. The van der Waals surface area contributed by atoms with E-state index in [1.165, 1.54) is 51.4 Å². The summed E-state index contributed by atoms with van der Waals surface area (Å²) in [5.74, 6) is 3.36. The molecular formula is C30H56O4Si. The summed E-state index contributed by atoms with van der Waals surface area (Å²) < 4.78 is 25.0. The maximum atomic E-state index is 6.95. The van der Waals surface area contributed by atoms with Gasteiger partial charge in [-0.2, -0.15) is 0 Å². The summed E-state index contributed by atoms with van der Waals surface area (Å²) in [5, 5.41) is 0.295. The van der Waals surface area contributed by atoms with Crippen molar-refractivity contribution in [3.63, 3.8) is 0 Å². The van der Waals surface area contributed by atoms with Gasteiger partial charge >= 0.3 is 0 Å². The third-order valence-electron chi connectivity index (χ3n) is 11.7. The van der Waals surface area contributed by atoms with Crippen LogP contribution in [0.1, 0.15) is 106 Å². The number of rotatable bonds is 8. The highest BCUT2D eigenvalue weighted by Gasteiger charge is 2.61. The van der Waals surface area contributed by atoms with Crippen LogP contribution in [0, 0.1) is 34.5 Å². The van der Waals surface area contributed by atoms with Gasteiger partial charge in [-0.25, -0.2) is 0 Å². The second kappa shape index (κ2) is 10.3. The molecule has 0 unspecified atom stereocenters. The summed E-state index contributed by atoms with van der Waals surface area (Å²) in [6.07, 6.45) is 12.6. The Balaban J connectivity index is 1.43. The second-order valence-corrected chi connectivity index (χ2v) is 19.1. The predicted octanol–water partition coefficient (Wildman–Crippen LogP) is 8.16. The lowest BCUT2D eigenvalue weighted by molar-refractivity contribution is -0.315. The van der Waals surface area contributed by atoms with Crippen molar-refractivity contribution in [2.24, 2.45) is 34.5 Å². The van der Waals surface area contributed by atoms with Crippen molar-refractivity contribution in [1.82, 2.24) is 0 Å². The van der Waals surface area contributed by atoms with E-state index in [4.69, 9.17) is 18.6 Å². The van der Waals surface area contributed by atoms with Crippen molar-refractivity contribution in [1.29, 1.82) is 0 Å². The van der Waals surface area contributed by atoms with Crippen LogP contribution in [0.4, 0.5) is 0 Å². The van der Waals surface area contributed by atoms with Crippen molar-refractivity contribution >= 4 is 8.32 Å². The van der Waals surface area contributed by atoms with Gasteiger partial charge in [0, 0.05) is 19.3 Å². The predicted molar refractivity (Wildman–Crippen MR) is 146 cm³/mol.